The molecule has 0 amide bonds. The van der Waals surface area contributed by atoms with Crippen molar-refractivity contribution in [3.63, 3.8) is 0 Å². The molecule has 0 unspecified atom stereocenters. The maximum Gasteiger partial charge on any atom is 0.342 e. The second-order valence-corrected chi connectivity index (χ2v) is 4.27. The van der Waals surface area contributed by atoms with Crippen LogP contribution < -0.4 is 11.2 Å². The second kappa shape index (κ2) is 4.74. The lowest BCUT2D eigenvalue weighted by molar-refractivity contribution is 0.0694. The summed E-state index contributed by atoms with van der Waals surface area (Å²) in [6.45, 7) is 1.69. The van der Waals surface area contributed by atoms with Crippen LogP contribution in [0.15, 0.2) is 34.0 Å². The van der Waals surface area contributed by atoms with E-state index in [1.165, 1.54) is 0 Å². The number of carbonyl (C=O) groups is 1. The van der Waals surface area contributed by atoms with Crippen molar-refractivity contribution in [3.05, 3.63) is 61.4 Å². The van der Waals surface area contributed by atoms with E-state index >= 15 is 0 Å². The SMILES string of the molecule is Cc1c(Cl)cccc1-n1cc(C(=O)O)c(=O)[nH]c1=O. The van der Waals surface area contributed by atoms with Gasteiger partial charge in [0.1, 0.15) is 5.56 Å². The van der Waals surface area contributed by atoms with Crippen LogP contribution in [0.5, 0.6) is 0 Å². The number of nitrogens with one attached hydrogen (secondary N) is 1. The Kier molecular flexibility index (Phi) is 3.26. The lowest BCUT2D eigenvalue weighted by atomic mass is 10.2. The summed E-state index contributed by atoms with van der Waals surface area (Å²) in [5.41, 5.74) is -1.15. The summed E-state index contributed by atoms with van der Waals surface area (Å²) in [6, 6.07) is 4.88. The summed E-state index contributed by atoms with van der Waals surface area (Å²) in [5.74, 6) is -1.41. The number of aromatic nitrogens is 2. The number of aromatic carboxylic acids is 1. The number of hydrogen-bond acceptors (Lipinski definition) is 3. The molecule has 98 valence electrons. The Morgan fingerprint density at radius 3 is 2.68 bits per heavy atom. The zero-order chi connectivity index (χ0) is 14.2. The van der Waals surface area contributed by atoms with Crippen LogP contribution in [0.3, 0.4) is 0 Å². The fourth-order valence-corrected chi connectivity index (χ4v) is 1.83. The molecule has 2 N–H and O–H groups in total. The van der Waals surface area contributed by atoms with Crippen molar-refractivity contribution in [2.45, 2.75) is 6.92 Å². The van der Waals surface area contributed by atoms with Crippen molar-refractivity contribution in [2.24, 2.45) is 0 Å². The number of carboxylic acid groups (broad SMARTS) is 1. The first-order valence-electron chi connectivity index (χ1n) is 5.26. The number of nitrogens with zero attached hydrogens (tertiary/aromatic N) is 1. The van der Waals surface area contributed by atoms with Gasteiger partial charge in [-0.1, -0.05) is 17.7 Å². The summed E-state index contributed by atoms with van der Waals surface area (Å²) in [6.07, 6.45) is 0.988. The highest BCUT2D eigenvalue weighted by atomic mass is 35.5. The van der Waals surface area contributed by atoms with Crippen LogP contribution in [0.4, 0.5) is 0 Å². The molecule has 0 spiro atoms. The summed E-state index contributed by atoms with van der Waals surface area (Å²) in [5, 5.41) is 9.33. The summed E-state index contributed by atoms with van der Waals surface area (Å²) in [4.78, 5) is 36.0. The molecule has 0 aliphatic heterocycles. The molecular weight excluding hydrogens is 272 g/mol. The number of H-pyrrole nitrogens is 1. The Labute approximate surface area is 111 Å². The van der Waals surface area contributed by atoms with Crippen LogP contribution in [-0.4, -0.2) is 20.6 Å². The smallest absolute Gasteiger partial charge is 0.342 e. The third-order valence-electron chi connectivity index (χ3n) is 2.67. The summed E-state index contributed by atoms with van der Waals surface area (Å²) >= 11 is 5.95. The van der Waals surface area contributed by atoms with Crippen LogP contribution >= 0.6 is 11.6 Å². The van der Waals surface area contributed by atoms with Gasteiger partial charge in [0.2, 0.25) is 0 Å². The van der Waals surface area contributed by atoms with E-state index in [4.69, 9.17) is 16.7 Å². The maximum atomic E-state index is 11.8. The highest BCUT2D eigenvalue weighted by Crippen LogP contribution is 2.20. The Morgan fingerprint density at radius 1 is 1.37 bits per heavy atom. The molecular formula is C12H9ClN2O4. The molecule has 0 aliphatic rings. The Bertz CT molecular complexity index is 776. The van der Waals surface area contributed by atoms with Crippen molar-refractivity contribution in [1.82, 2.24) is 9.55 Å². The van der Waals surface area contributed by atoms with Gasteiger partial charge in [0.05, 0.1) is 5.69 Å². The highest BCUT2D eigenvalue weighted by molar-refractivity contribution is 6.31. The van der Waals surface area contributed by atoms with Gasteiger partial charge < -0.3 is 5.11 Å². The molecule has 1 aromatic carbocycles. The van der Waals surface area contributed by atoms with Gasteiger partial charge in [-0.05, 0) is 24.6 Å². The minimum atomic E-state index is -1.41. The number of halogens is 1. The first-order valence-corrected chi connectivity index (χ1v) is 5.64. The normalized spacial score (nSPS) is 10.4. The molecule has 0 radical (unpaired) electrons. The zero-order valence-electron chi connectivity index (χ0n) is 9.81. The summed E-state index contributed by atoms with van der Waals surface area (Å²) in [7, 11) is 0. The van der Waals surface area contributed by atoms with Gasteiger partial charge in [-0.3, -0.25) is 14.3 Å². The molecule has 0 bridgehead atoms. The molecule has 1 aromatic heterocycles. The van der Waals surface area contributed by atoms with Crippen LogP contribution in [0.1, 0.15) is 15.9 Å². The van der Waals surface area contributed by atoms with E-state index < -0.39 is 22.8 Å². The topological polar surface area (TPSA) is 92.2 Å². The van der Waals surface area contributed by atoms with E-state index in [0.29, 0.717) is 16.3 Å². The van der Waals surface area contributed by atoms with Gasteiger partial charge in [0.25, 0.3) is 5.56 Å². The number of aromatic amines is 1. The van der Waals surface area contributed by atoms with Crippen LogP contribution in [0, 0.1) is 6.92 Å². The Hall–Kier alpha value is -2.34. The van der Waals surface area contributed by atoms with Crippen molar-refractivity contribution < 1.29 is 9.90 Å². The standard InChI is InChI=1S/C12H9ClN2O4/c1-6-8(13)3-2-4-9(6)15-5-7(11(17)18)10(16)14-12(15)19/h2-5H,1H3,(H,17,18)(H,14,16,19). The van der Waals surface area contributed by atoms with Gasteiger partial charge in [-0.15, -0.1) is 0 Å². The molecule has 0 saturated heterocycles. The molecule has 2 rings (SSSR count). The van der Waals surface area contributed by atoms with E-state index in [2.05, 4.69) is 0 Å². The first kappa shape index (κ1) is 13.1. The van der Waals surface area contributed by atoms with Crippen molar-refractivity contribution in [2.75, 3.05) is 0 Å². The number of rotatable bonds is 2. The quantitative estimate of drug-likeness (QED) is 0.864. The van der Waals surface area contributed by atoms with Crippen molar-refractivity contribution >= 4 is 17.6 Å². The molecule has 0 atom stereocenters. The molecule has 2 aromatic rings. The third-order valence-corrected chi connectivity index (χ3v) is 3.08. The lowest BCUT2D eigenvalue weighted by Gasteiger charge is -2.10. The van der Waals surface area contributed by atoms with E-state index in [1.807, 2.05) is 4.98 Å². The molecule has 0 fully saturated rings. The number of carboxylic acids is 1. The fourth-order valence-electron chi connectivity index (χ4n) is 1.66. The monoisotopic (exact) mass is 280 g/mol. The van der Waals surface area contributed by atoms with Gasteiger partial charge in [0.15, 0.2) is 0 Å². The molecule has 0 saturated carbocycles. The minimum absolute atomic E-state index is 0.413. The largest absolute Gasteiger partial charge is 0.477 e. The van der Waals surface area contributed by atoms with E-state index in [-0.39, 0.29) is 0 Å². The Morgan fingerprint density at radius 2 is 2.05 bits per heavy atom. The molecule has 6 nitrogen and oxygen atoms in total. The van der Waals surface area contributed by atoms with E-state index in [9.17, 15) is 14.4 Å². The van der Waals surface area contributed by atoms with Gasteiger partial charge in [-0.25, -0.2) is 9.59 Å². The number of benzene rings is 1. The molecule has 7 heteroatoms. The van der Waals surface area contributed by atoms with Crippen LogP contribution in [0.2, 0.25) is 5.02 Å². The van der Waals surface area contributed by atoms with Gasteiger partial charge in [0, 0.05) is 11.2 Å². The molecule has 0 aliphatic carbocycles. The second-order valence-electron chi connectivity index (χ2n) is 3.86. The predicted octanol–water partition coefficient (Wildman–Crippen LogP) is 1.19. The van der Waals surface area contributed by atoms with Crippen LogP contribution in [0.25, 0.3) is 5.69 Å². The fraction of sp³-hybridized carbons (Fsp3) is 0.0833. The zero-order valence-corrected chi connectivity index (χ0v) is 10.6. The van der Waals surface area contributed by atoms with Gasteiger partial charge in [-0.2, -0.15) is 0 Å². The average molecular weight is 281 g/mol. The minimum Gasteiger partial charge on any atom is -0.477 e. The van der Waals surface area contributed by atoms with Crippen LogP contribution in [-0.2, 0) is 0 Å². The highest BCUT2D eigenvalue weighted by Gasteiger charge is 2.14. The molecule has 1 heterocycles. The average Bonchev–Trinajstić information content (AvgIpc) is 2.33. The van der Waals surface area contributed by atoms with E-state index in [1.54, 1.807) is 25.1 Å². The lowest BCUT2D eigenvalue weighted by Crippen LogP contribution is -2.32. The maximum absolute atomic E-state index is 11.8. The van der Waals surface area contributed by atoms with Crippen molar-refractivity contribution in [1.29, 1.82) is 0 Å². The van der Waals surface area contributed by atoms with Crippen molar-refractivity contribution in [3.8, 4) is 5.69 Å². The number of hydrogen-bond donors (Lipinski definition) is 2. The Balaban J connectivity index is 2.80. The predicted molar refractivity (Wildman–Crippen MR) is 69.4 cm³/mol. The first-order chi connectivity index (χ1) is 8.91. The summed E-state index contributed by atoms with van der Waals surface area (Å²) < 4.78 is 1.05. The van der Waals surface area contributed by atoms with E-state index in [0.717, 1.165) is 10.8 Å². The van der Waals surface area contributed by atoms with Gasteiger partial charge >= 0.3 is 11.7 Å². The molecule has 19 heavy (non-hydrogen) atoms. The third kappa shape index (κ3) is 2.30.